The van der Waals surface area contributed by atoms with Crippen LogP contribution in [0, 0.1) is 0 Å². The van der Waals surface area contributed by atoms with Gasteiger partial charge in [0.25, 0.3) is 0 Å². The molecule has 0 bridgehead atoms. The van der Waals surface area contributed by atoms with Crippen molar-refractivity contribution in [3.63, 3.8) is 0 Å². The molecule has 0 aromatic heterocycles. The lowest BCUT2D eigenvalue weighted by molar-refractivity contribution is 0.174. The number of fused-ring (bicyclic) bond motifs is 3. The van der Waals surface area contributed by atoms with Crippen molar-refractivity contribution in [1.82, 2.24) is 0 Å². The molecule has 40 heavy (non-hydrogen) atoms. The first kappa shape index (κ1) is 30.0. The van der Waals surface area contributed by atoms with Gasteiger partial charge in [-0.3, -0.25) is 0 Å². The van der Waals surface area contributed by atoms with E-state index in [9.17, 15) is 0 Å². The van der Waals surface area contributed by atoms with Crippen LogP contribution in [0.3, 0.4) is 0 Å². The van der Waals surface area contributed by atoms with E-state index < -0.39 is 0 Å². The Kier molecular flexibility index (Phi) is 11.7. The van der Waals surface area contributed by atoms with Crippen LogP contribution >= 0.6 is 0 Å². The fourth-order valence-corrected chi connectivity index (χ4v) is 5.71. The predicted molar refractivity (Wildman–Crippen MR) is 163 cm³/mol. The molecule has 0 unspecified atom stereocenters. The molecule has 6 nitrogen and oxygen atoms in total. The first-order valence-corrected chi connectivity index (χ1v) is 15.3. The minimum atomic E-state index is 0.228. The number of benzene rings is 3. The largest absolute Gasteiger partial charge is 0.493 e. The van der Waals surface area contributed by atoms with Gasteiger partial charge in [-0.2, -0.15) is 0 Å². The zero-order valence-corrected chi connectivity index (χ0v) is 25.1. The van der Waals surface area contributed by atoms with Crippen LogP contribution in [0.15, 0.2) is 24.3 Å². The predicted octanol–water partition coefficient (Wildman–Crippen LogP) is 9.61. The average molecular weight is 553 g/mol. The molecule has 1 aliphatic heterocycles. The van der Waals surface area contributed by atoms with Gasteiger partial charge in [0.2, 0.25) is 12.5 Å². The van der Waals surface area contributed by atoms with Crippen molar-refractivity contribution >= 4 is 21.5 Å². The molecular formula is C34H48O6. The molecule has 6 heteroatoms. The van der Waals surface area contributed by atoms with Crippen LogP contribution in [0.4, 0.5) is 0 Å². The monoisotopic (exact) mass is 552 g/mol. The summed E-state index contributed by atoms with van der Waals surface area (Å²) in [5, 5.41) is 3.81. The lowest BCUT2D eigenvalue weighted by Crippen LogP contribution is -2.01. The smallest absolute Gasteiger partial charge is 0.231 e. The summed E-state index contributed by atoms with van der Waals surface area (Å²) in [6.45, 7) is 3.16. The maximum Gasteiger partial charge on any atom is 0.231 e. The third kappa shape index (κ3) is 7.38. The number of ether oxygens (including phenoxy) is 6. The molecule has 0 radical (unpaired) electrons. The fourth-order valence-electron chi connectivity index (χ4n) is 5.71. The van der Waals surface area contributed by atoms with Crippen LogP contribution in [0.2, 0.25) is 0 Å². The first-order valence-electron chi connectivity index (χ1n) is 15.3. The maximum absolute atomic E-state index is 6.52. The number of rotatable bonds is 19. The van der Waals surface area contributed by atoms with Crippen molar-refractivity contribution in [3.8, 4) is 34.5 Å². The molecular weight excluding hydrogens is 504 g/mol. The summed E-state index contributed by atoms with van der Waals surface area (Å²) < 4.78 is 35.0. The summed E-state index contributed by atoms with van der Waals surface area (Å²) in [6.07, 6.45) is 18.7. The van der Waals surface area contributed by atoms with E-state index in [0.29, 0.717) is 23.9 Å². The highest BCUT2D eigenvalue weighted by Crippen LogP contribution is 2.50. The molecule has 0 saturated heterocycles. The molecule has 3 aromatic rings. The van der Waals surface area contributed by atoms with Gasteiger partial charge in [-0.25, -0.2) is 0 Å². The Morgan fingerprint density at radius 1 is 0.550 bits per heavy atom. The van der Waals surface area contributed by atoms with Crippen molar-refractivity contribution < 1.29 is 28.4 Å². The van der Waals surface area contributed by atoms with Crippen LogP contribution < -0.4 is 28.4 Å². The highest BCUT2D eigenvalue weighted by atomic mass is 16.7. The minimum Gasteiger partial charge on any atom is -0.493 e. The van der Waals surface area contributed by atoms with Crippen LogP contribution in [-0.2, 0) is 0 Å². The molecule has 0 fully saturated rings. The van der Waals surface area contributed by atoms with E-state index in [0.717, 1.165) is 45.2 Å². The van der Waals surface area contributed by atoms with E-state index in [-0.39, 0.29) is 6.79 Å². The van der Waals surface area contributed by atoms with Crippen molar-refractivity contribution in [2.45, 2.75) is 96.8 Å². The molecule has 0 saturated carbocycles. The van der Waals surface area contributed by atoms with Crippen LogP contribution in [0.1, 0.15) is 96.8 Å². The van der Waals surface area contributed by atoms with Crippen LogP contribution in [0.25, 0.3) is 21.5 Å². The van der Waals surface area contributed by atoms with E-state index in [1.165, 1.54) is 83.5 Å². The van der Waals surface area contributed by atoms with E-state index in [2.05, 4.69) is 13.0 Å². The zero-order chi connectivity index (χ0) is 28.2. The van der Waals surface area contributed by atoms with Crippen molar-refractivity contribution in [2.24, 2.45) is 0 Å². The number of methoxy groups -OCH3 is 3. The minimum absolute atomic E-state index is 0.228. The second kappa shape index (κ2) is 15.7. The second-order valence-corrected chi connectivity index (χ2v) is 10.8. The van der Waals surface area contributed by atoms with Gasteiger partial charge in [-0.1, -0.05) is 90.4 Å². The van der Waals surface area contributed by atoms with Gasteiger partial charge in [0.15, 0.2) is 23.0 Å². The Balaban J connectivity index is 1.34. The fraction of sp³-hybridized carbons (Fsp3) is 0.588. The van der Waals surface area contributed by atoms with Gasteiger partial charge < -0.3 is 28.4 Å². The molecule has 1 aliphatic rings. The Hall–Kier alpha value is -3.02. The molecule has 4 rings (SSSR count). The topological polar surface area (TPSA) is 55.4 Å². The molecule has 0 aliphatic carbocycles. The third-order valence-electron chi connectivity index (χ3n) is 7.95. The van der Waals surface area contributed by atoms with Crippen molar-refractivity contribution in [2.75, 3.05) is 34.7 Å². The number of hydrogen-bond donors (Lipinski definition) is 0. The maximum atomic E-state index is 6.52. The van der Waals surface area contributed by atoms with Gasteiger partial charge in [0.1, 0.15) is 5.75 Å². The quantitative estimate of drug-likeness (QED) is 0.109. The first-order chi connectivity index (χ1) is 19.7. The van der Waals surface area contributed by atoms with Gasteiger partial charge in [-0.05, 0) is 36.1 Å². The number of hydrogen-bond acceptors (Lipinski definition) is 6. The summed E-state index contributed by atoms with van der Waals surface area (Å²) in [4.78, 5) is 0. The van der Waals surface area contributed by atoms with Crippen molar-refractivity contribution in [3.05, 3.63) is 24.3 Å². The Morgan fingerprint density at radius 2 is 1.10 bits per heavy atom. The molecule has 0 atom stereocenters. The summed E-state index contributed by atoms with van der Waals surface area (Å²) in [5.74, 6) is 4.08. The molecule has 220 valence electrons. The van der Waals surface area contributed by atoms with Crippen molar-refractivity contribution in [1.29, 1.82) is 0 Å². The molecule has 0 amide bonds. The normalized spacial score (nSPS) is 12.3. The van der Waals surface area contributed by atoms with E-state index in [4.69, 9.17) is 28.4 Å². The lowest BCUT2D eigenvalue weighted by Gasteiger charge is -2.19. The van der Waals surface area contributed by atoms with Gasteiger partial charge >= 0.3 is 0 Å². The second-order valence-electron chi connectivity index (χ2n) is 10.8. The van der Waals surface area contributed by atoms with Gasteiger partial charge in [0, 0.05) is 16.2 Å². The lowest BCUT2D eigenvalue weighted by atomic mass is 9.99. The standard InChI is InChI=1S/C34H48O6/c1-5-6-7-8-9-10-11-12-13-14-15-16-17-18-19-38-32-26-22-30-29(39-24-40-30)21-25(26)20-27-28(32)23-31(35-2)34(37-4)33(27)36-3/h20-23H,5-19,24H2,1-4H3. The average Bonchev–Trinajstić information content (AvgIpc) is 3.44. The van der Waals surface area contributed by atoms with E-state index in [1.807, 2.05) is 18.2 Å². The van der Waals surface area contributed by atoms with Crippen LogP contribution in [0.5, 0.6) is 34.5 Å². The Bertz CT molecular complexity index is 1220. The summed E-state index contributed by atoms with van der Waals surface area (Å²) >= 11 is 0. The molecule has 1 heterocycles. The van der Waals surface area contributed by atoms with E-state index in [1.54, 1.807) is 21.3 Å². The molecule has 0 N–H and O–H groups in total. The third-order valence-corrected chi connectivity index (χ3v) is 7.95. The summed E-state index contributed by atoms with van der Waals surface area (Å²) in [6, 6.07) is 8.08. The zero-order valence-electron chi connectivity index (χ0n) is 25.1. The molecule has 3 aromatic carbocycles. The Morgan fingerprint density at radius 3 is 1.68 bits per heavy atom. The number of unbranched alkanes of at least 4 members (excludes halogenated alkanes) is 13. The van der Waals surface area contributed by atoms with Gasteiger partial charge in [-0.15, -0.1) is 0 Å². The highest BCUT2D eigenvalue weighted by molar-refractivity contribution is 6.09. The Labute approximate surface area is 240 Å². The van der Waals surface area contributed by atoms with Crippen LogP contribution in [-0.4, -0.2) is 34.7 Å². The SMILES string of the molecule is CCCCCCCCCCCCCCCCOc1c2cc3c(cc2cc2c(OC)c(OC)c(OC)cc12)OCO3. The summed E-state index contributed by atoms with van der Waals surface area (Å²) in [7, 11) is 4.91. The van der Waals surface area contributed by atoms with E-state index >= 15 is 0 Å². The highest BCUT2D eigenvalue weighted by Gasteiger charge is 2.23. The van der Waals surface area contributed by atoms with Gasteiger partial charge in [0.05, 0.1) is 27.9 Å². The molecule has 0 spiro atoms. The summed E-state index contributed by atoms with van der Waals surface area (Å²) in [5.41, 5.74) is 0.